The molecular weight excluding hydrogens is 268 g/mol. The summed E-state index contributed by atoms with van der Waals surface area (Å²) in [6, 6.07) is 16.5. The molecular formula is C16H16N2O3. The maximum absolute atomic E-state index is 11.6. The number of carbonyl (C=O) groups excluding carboxylic acids is 1. The van der Waals surface area contributed by atoms with Crippen molar-refractivity contribution < 1.29 is 14.3 Å². The zero-order chi connectivity index (χ0) is 14.9. The molecule has 0 unspecified atom stereocenters. The Kier molecular flexibility index (Phi) is 5.34. The summed E-state index contributed by atoms with van der Waals surface area (Å²) in [6.07, 6.45) is 1.54. The van der Waals surface area contributed by atoms with Crippen molar-refractivity contribution in [3.8, 4) is 11.5 Å². The topological polar surface area (TPSA) is 59.9 Å². The maximum Gasteiger partial charge on any atom is 0.277 e. The van der Waals surface area contributed by atoms with Gasteiger partial charge in [0.05, 0.1) is 13.3 Å². The van der Waals surface area contributed by atoms with Gasteiger partial charge in [-0.1, -0.05) is 30.3 Å². The lowest BCUT2D eigenvalue weighted by atomic mass is 10.2. The van der Waals surface area contributed by atoms with Gasteiger partial charge in [-0.2, -0.15) is 5.10 Å². The Bertz CT molecular complexity index is 612. The van der Waals surface area contributed by atoms with Gasteiger partial charge in [0, 0.05) is 0 Å². The second-order valence-electron chi connectivity index (χ2n) is 4.17. The van der Waals surface area contributed by atoms with Crippen LogP contribution in [0.2, 0.25) is 0 Å². The number of hydrogen-bond donors (Lipinski definition) is 1. The number of hydrazone groups is 1. The van der Waals surface area contributed by atoms with Gasteiger partial charge in [-0.3, -0.25) is 4.79 Å². The third-order valence-electron chi connectivity index (χ3n) is 2.61. The van der Waals surface area contributed by atoms with Crippen LogP contribution in [0.1, 0.15) is 5.56 Å². The highest BCUT2D eigenvalue weighted by atomic mass is 16.5. The Morgan fingerprint density at radius 2 is 1.90 bits per heavy atom. The van der Waals surface area contributed by atoms with E-state index in [0.717, 1.165) is 11.3 Å². The standard InChI is InChI=1S/C16H16N2O3/c1-20-15-9-5-6-13(10-15)11-17-18-16(19)12-21-14-7-3-2-4-8-14/h2-11H,12H2,1H3,(H,18,19)/b17-11-. The van der Waals surface area contributed by atoms with Crippen molar-refractivity contribution in [3.63, 3.8) is 0 Å². The Morgan fingerprint density at radius 3 is 2.67 bits per heavy atom. The number of amides is 1. The molecule has 2 aromatic rings. The molecule has 0 saturated heterocycles. The molecule has 0 spiro atoms. The number of hydrogen-bond acceptors (Lipinski definition) is 4. The first-order valence-electron chi connectivity index (χ1n) is 6.42. The third kappa shape index (κ3) is 4.99. The predicted molar refractivity (Wildman–Crippen MR) is 80.7 cm³/mol. The molecule has 5 nitrogen and oxygen atoms in total. The summed E-state index contributed by atoms with van der Waals surface area (Å²) in [5, 5.41) is 3.87. The lowest BCUT2D eigenvalue weighted by Crippen LogP contribution is -2.24. The molecule has 108 valence electrons. The molecule has 0 fully saturated rings. The number of nitrogens with one attached hydrogen (secondary N) is 1. The van der Waals surface area contributed by atoms with Gasteiger partial charge < -0.3 is 9.47 Å². The van der Waals surface area contributed by atoms with E-state index in [1.165, 1.54) is 0 Å². The van der Waals surface area contributed by atoms with Crippen molar-refractivity contribution in [2.24, 2.45) is 5.10 Å². The number of methoxy groups -OCH3 is 1. The summed E-state index contributed by atoms with van der Waals surface area (Å²) < 4.78 is 10.4. The maximum atomic E-state index is 11.6. The summed E-state index contributed by atoms with van der Waals surface area (Å²) in [6.45, 7) is -0.0839. The van der Waals surface area contributed by atoms with Crippen molar-refractivity contribution in [1.29, 1.82) is 0 Å². The van der Waals surface area contributed by atoms with E-state index in [0.29, 0.717) is 5.75 Å². The second kappa shape index (κ2) is 7.69. The van der Waals surface area contributed by atoms with Crippen LogP contribution in [0.3, 0.4) is 0 Å². The lowest BCUT2D eigenvalue weighted by molar-refractivity contribution is -0.123. The molecule has 1 amide bonds. The number of benzene rings is 2. The van der Waals surface area contributed by atoms with Crippen LogP contribution in [0.5, 0.6) is 11.5 Å². The molecule has 5 heteroatoms. The Balaban J connectivity index is 1.79. The average Bonchev–Trinajstić information content (AvgIpc) is 2.54. The van der Waals surface area contributed by atoms with E-state index in [9.17, 15) is 4.79 Å². The first-order chi connectivity index (χ1) is 10.3. The average molecular weight is 284 g/mol. The van der Waals surface area contributed by atoms with E-state index in [4.69, 9.17) is 9.47 Å². The highest BCUT2D eigenvalue weighted by Gasteiger charge is 2.00. The largest absolute Gasteiger partial charge is 0.497 e. The van der Waals surface area contributed by atoms with Gasteiger partial charge in [-0.15, -0.1) is 0 Å². The summed E-state index contributed by atoms with van der Waals surface area (Å²) in [5.41, 5.74) is 3.24. The van der Waals surface area contributed by atoms with Crippen molar-refractivity contribution in [3.05, 3.63) is 60.2 Å². The third-order valence-corrected chi connectivity index (χ3v) is 2.61. The van der Waals surface area contributed by atoms with E-state index < -0.39 is 0 Å². The summed E-state index contributed by atoms with van der Waals surface area (Å²) in [5.74, 6) is 1.06. The minimum atomic E-state index is -0.321. The van der Waals surface area contributed by atoms with Crippen LogP contribution < -0.4 is 14.9 Å². The number of carbonyl (C=O) groups is 1. The molecule has 2 aromatic carbocycles. The fourth-order valence-corrected chi connectivity index (χ4v) is 1.60. The molecule has 2 rings (SSSR count). The van der Waals surface area contributed by atoms with Crippen LogP contribution in [0.4, 0.5) is 0 Å². The van der Waals surface area contributed by atoms with E-state index in [2.05, 4.69) is 10.5 Å². The van der Waals surface area contributed by atoms with Crippen LogP contribution in [0.25, 0.3) is 0 Å². The normalized spacial score (nSPS) is 10.3. The van der Waals surface area contributed by atoms with Gasteiger partial charge in [0.25, 0.3) is 5.91 Å². The molecule has 0 aliphatic rings. The van der Waals surface area contributed by atoms with Crippen molar-refractivity contribution in [2.75, 3.05) is 13.7 Å². The van der Waals surface area contributed by atoms with Crippen LogP contribution in [-0.2, 0) is 4.79 Å². The van der Waals surface area contributed by atoms with Crippen LogP contribution >= 0.6 is 0 Å². The van der Waals surface area contributed by atoms with Gasteiger partial charge in [-0.05, 0) is 29.8 Å². The smallest absolute Gasteiger partial charge is 0.277 e. The Morgan fingerprint density at radius 1 is 1.14 bits per heavy atom. The SMILES string of the molecule is COc1cccc(/C=N\NC(=O)COc2ccccc2)c1. The highest BCUT2D eigenvalue weighted by molar-refractivity contribution is 5.83. The minimum absolute atomic E-state index is 0.0839. The predicted octanol–water partition coefficient (Wildman–Crippen LogP) is 2.22. The molecule has 0 aliphatic heterocycles. The zero-order valence-corrected chi connectivity index (χ0v) is 11.7. The van der Waals surface area contributed by atoms with Crippen molar-refractivity contribution in [1.82, 2.24) is 5.43 Å². The second-order valence-corrected chi connectivity index (χ2v) is 4.17. The van der Waals surface area contributed by atoms with Crippen LogP contribution in [-0.4, -0.2) is 25.8 Å². The summed E-state index contributed by atoms with van der Waals surface area (Å²) in [4.78, 5) is 11.6. The van der Waals surface area contributed by atoms with E-state index in [1.54, 1.807) is 25.5 Å². The van der Waals surface area contributed by atoms with Crippen molar-refractivity contribution >= 4 is 12.1 Å². The highest BCUT2D eigenvalue weighted by Crippen LogP contribution is 2.10. The molecule has 0 saturated carbocycles. The van der Waals surface area contributed by atoms with E-state index in [-0.39, 0.29) is 12.5 Å². The van der Waals surface area contributed by atoms with Gasteiger partial charge >= 0.3 is 0 Å². The first-order valence-corrected chi connectivity index (χ1v) is 6.42. The molecule has 0 bridgehead atoms. The molecule has 0 aliphatic carbocycles. The fourth-order valence-electron chi connectivity index (χ4n) is 1.60. The minimum Gasteiger partial charge on any atom is -0.497 e. The quantitative estimate of drug-likeness (QED) is 0.653. The molecule has 0 atom stereocenters. The van der Waals surface area contributed by atoms with E-state index >= 15 is 0 Å². The van der Waals surface area contributed by atoms with Crippen LogP contribution in [0.15, 0.2) is 59.7 Å². The number of para-hydroxylation sites is 1. The summed E-state index contributed by atoms with van der Waals surface area (Å²) >= 11 is 0. The molecule has 21 heavy (non-hydrogen) atoms. The Labute approximate surface area is 123 Å². The van der Waals surface area contributed by atoms with Crippen LogP contribution in [0, 0.1) is 0 Å². The van der Waals surface area contributed by atoms with Gasteiger partial charge in [-0.25, -0.2) is 5.43 Å². The van der Waals surface area contributed by atoms with Gasteiger partial charge in [0.1, 0.15) is 11.5 Å². The number of ether oxygens (including phenoxy) is 2. The zero-order valence-electron chi connectivity index (χ0n) is 11.7. The number of rotatable bonds is 6. The van der Waals surface area contributed by atoms with Gasteiger partial charge in [0.15, 0.2) is 6.61 Å². The molecule has 0 radical (unpaired) electrons. The monoisotopic (exact) mass is 284 g/mol. The summed E-state index contributed by atoms with van der Waals surface area (Å²) in [7, 11) is 1.60. The fraction of sp³-hybridized carbons (Fsp3) is 0.125. The van der Waals surface area contributed by atoms with Crippen molar-refractivity contribution in [2.45, 2.75) is 0 Å². The molecule has 0 aromatic heterocycles. The first kappa shape index (κ1) is 14.6. The van der Waals surface area contributed by atoms with E-state index in [1.807, 2.05) is 42.5 Å². The van der Waals surface area contributed by atoms with Gasteiger partial charge in [0.2, 0.25) is 0 Å². The lowest BCUT2D eigenvalue weighted by Gasteiger charge is -2.04. The molecule has 0 heterocycles. The Hall–Kier alpha value is -2.82. The number of nitrogens with zero attached hydrogens (tertiary/aromatic N) is 1. The molecule has 1 N–H and O–H groups in total.